The van der Waals surface area contributed by atoms with Crippen LogP contribution in [0.4, 0.5) is 0 Å². The number of fused-ring (bicyclic) bond motifs is 3. The number of phenols is 1. The molecular weight excluding hydrogens is 396 g/mol. The predicted octanol–water partition coefficient (Wildman–Crippen LogP) is 5.79. The Bertz CT molecular complexity index is 1220. The van der Waals surface area contributed by atoms with Gasteiger partial charge >= 0.3 is 0 Å². The minimum absolute atomic E-state index is 0.266. The first kappa shape index (κ1) is 20.4. The number of phenolic OH excluding ortho intramolecular Hbond substituents is 1. The van der Waals surface area contributed by atoms with Crippen LogP contribution in [-0.2, 0) is 18.4 Å². The monoisotopic (exact) mass is 422 g/mol. The maximum absolute atomic E-state index is 10.4. The summed E-state index contributed by atoms with van der Waals surface area (Å²) >= 11 is 0. The lowest BCUT2D eigenvalue weighted by atomic mass is 9.72. The van der Waals surface area contributed by atoms with E-state index in [9.17, 15) is 10.4 Å². The van der Waals surface area contributed by atoms with Gasteiger partial charge in [-0.15, -0.1) is 0 Å². The van der Waals surface area contributed by atoms with Crippen LogP contribution in [0.15, 0.2) is 83.3 Å². The lowest BCUT2D eigenvalue weighted by Crippen LogP contribution is -2.33. The lowest BCUT2D eigenvalue weighted by molar-refractivity contribution is 0.235. The number of hydrogen-bond acceptors (Lipinski definition) is 4. The Labute approximate surface area is 188 Å². The van der Waals surface area contributed by atoms with Crippen LogP contribution in [0.2, 0.25) is 0 Å². The topological polar surface area (TPSA) is 60.4 Å². The summed E-state index contributed by atoms with van der Waals surface area (Å²) < 4.78 is 6.00. The minimum atomic E-state index is -0.655. The van der Waals surface area contributed by atoms with Gasteiger partial charge in [-0.2, -0.15) is 5.26 Å². The van der Waals surface area contributed by atoms with Crippen molar-refractivity contribution < 1.29 is 9.52 Å². The average molecular weight is 423 g/mol. The molecule has 0 unspecified atom stereocenters. The van der Waals surface area contributed by atoms with Crippen molar-refractivity contribution >= 4 is 11.0 Å². The second-order valence-electron chi connectivity index (χ2n) is 8.56. The van der Waals surface area contributed by atoms with E-state index in [2.05, 4.69) is 35.2 Å². The van der Waals surface area contributed by atoms with Gasteiger partial charge in [0.05, 0.1) is 6.07 Å². The highest BCUT2D eigenvalue weighted by molar-refractivity contribution is 5.83. The van der Waals surface area contributed by atoms with E-state index in [0.717, 1.165) is 66.8 Å². The first-order chi connectivity index (χ1) is 15.7. The molecule has 0 bridgehead atoms. The van der Waals surface area contributed by atoms with Gasteiger partial charge in [-0.05, 0) is 48.7 Å². The van der Waals surface area contributed by atoms with E-state index >= 15 is 0 Å². The normalized spacial score (nSPS) is 14.2. The van der Waals surface area contributed by atoms with Crippen molar-refractivity contribution in [3.05, 3.63) is 101 Å². The first-order valence-electron chi connectivity index (χ1n) is 11.2. The number of benzene rings is 3. The molecule has 0 radical (unpaired) electrons. The van der Waals surface area contributed by atoms with E-state index in [1.54, 1.807) is 12.1 Å². The molecular formula is C28H26N2O2. The van der Waals surface area contributed by atoms with Crippen LogP contribution >= 0.6 is 0 Å². The number of hydrogen-bond donors (Lipinski definition) is 1. The van der Waals surface area contributed by atoms with Gasteiger partial charge in [-0.25, -0.2) is 0 Å². The molecule has 0 atom stereocenters. The van der Waals surface area contributed by atoms with Crippen molar-refractivity contribution in [1.29, 1.82) is 5.26 Å². The van der Waals surface area contributed by atoms with Crippen LogP contribution < -0.4 is 0 Å². The summed E-state index contributed by atoms with van der Waals surface area (Å²) in [6.07, 6.45) is 2.53. The van der Waals surface area contributed by atoms with Crippen LogP contribution in [0.25, 0.3) is 11.0 Å². The molecule has 4 aromatic rings. The Morgan fingerprint density at radius 1 is 0.969 bits per heavy atom. The van der Waals surface area contributed by atoms with E-state index < -0.39 is 5.41 Å². The summed E-state index contributed by atoms with van der Waals surface area (Å²) in [5, 5.41) is 21.3. The highest BCUT2D eigenvalue weighted by atomic mass is 16.3. The molecule has 0 amide bonds. The van der Waals surface area contributed by atoms with Gasteiger partial charge in [0.1, 0.15) is 22.5 Å². The standard InChI is InChI=1S/C28H26N2O2/c29-20-28(21-8-3-1-4-9-21,22-10-5-2-6-11-22)15-7-16-30-17-14-27-25(19-30)24-18-23(31)12-13-26(24)32-27/h1-6,8-13,18,31H,7,14-17,19H2. The Balaban J connectivity index is 1.35. The molecule has 32 heavy (non-hydrogen) atoms. The van der Waals surface area contributed by atoms with Crippen molar-refractivity contribution in [2.24, 2.45) is 0 Å². The molecule has 0 spiro atoms. The molecule has 3 aromatic carbocycles. The molecule has 1 aromatic heterocycles. The van der Waals surface area contributed by atoms with E-state index in [4.69, 9.17) is 4.42 Å². The number of nitriles is 1. The first-order valence-corrected chi connectivity index (χ1v) is 11.2. The summed E-state index contributed by atoms with van der Waals surface area (Å²) in [5.41, 5.74) is 3.46. The van der Waals surface area contributed by atoms with Gasteiger partial charge in [0.2, 0.25) is 0 Å². The van der Waals surface area contributed by atoms with Gasteiger partial charge in [0.25, 0.3) is 0 Å². The Morgan fingerprint density at radius 3 is 2.31 bits per heavy atom. The fourth-order valence-corrected chi connectivity index (χ4v) is 4.97. The predicted molar refractivity (Wildman–Crippen MR) is 125 cm³/mol. The van der Waals surface area contributed by atoms with Crippen molar-refractivity contribution in [2.75, 3.05) is 13.1 Å². The minimum Gasteiger partial charge on any atom is -0.508 e. The third-order valence-corrected chi connectivity index (χ3v) is 6.64. The molecule has 4 nitrogen and oxygen atoms in total. The number of nitrogens with zero attached hydrogens (tertiary/aromatic N) is 2. The zero-order valence-corrected chi connectivity index (χ0v) is 18.0. The van der Waals surface area contributed by atoms with E-state index in [1.165, 1.54) is 5.56 Å². The fourth-order valence-electron chi connectivity index (χ4n) is 4.97. The van der Waals surface area contributed by atoms with E-state index in [1.807, 2.05) is 42.5 Å². The summed E-state index contributed by atoms with van der Waals surface area (Å²) in [7, 11) is 0. The highest BCUT2D eigenvalue weighted by Crippen LogP contribution is 2.37. The largest absolute Gasteiger partial charge is 0.508 e. The third-order valence-electron chi connectivity index (χ3n) is 6.64. The average Bonchev–Trinajstić information content (AvgIpc) is 3.20. The summed E-state index contributed by atoms with van der Waals surface area (Å²) in [5.74, 6) is 1.30. The second kappa shape index (κ2) is 8.53. The molecule has 0 fully saturated rings. The molecule has 5 rings (SSSR count). The fraction of sp³-hybridized carbons (Fsp3) is 0.250. The molecule has 1 N–H and O–H groups in total. The van der Waals surface area contributed by atoms with Gasteiger partial charge in [0.15, 0.2) is 0 Å². The summed E-state index contributed by atoms with van der Waals surface area (Å²) in [4.78, 5) is 2.43. The quantitative estimate of drug-likeness (QED) is 0.427. The Morgan fingerprint density at radius 2 is 1.66 bits per heavy atom. The number of furan rings is 1. The zero-order valence-electron chi connectivity index (χ0n) is 18.0. The Hall–Kier alpha value is -3.55. The van der Waals surface area contributed by atoms with Crippen molar-refractivity contribution in [2.45, 2.75) is 31.2 Å². The number of aromatic hydroxyl groups is 1. The van der Waals surface area contributed by atoms with Crippen molar-refractivity contribution in [3.63, 3.8) is 0 Å². The maximum Gasteiger partial charge on any atom is 0.134 e. The molecule has 1 aliphatic rings. The summed E-state index contributed by atoms with van der Waals surface area (Å²) in [6, 6.07) is 28.3. The third kappa shape index (κ3) is 3.66. The van der Waals surface area contributed by atoms with Crippen LogP contribution in [0, 0.1) is 11.3 Å². The molecule has 2 heterocycles. The number of rotatable bonds is 6. The summed E-state index contributed by atoms with van der Waals surface area (Å²) in [6.45, 7) is 2.66. The molecule has 160 valence electrons. The van der Waals surface area contributed by atoms with Crippen LogP contribution in [0.3, 0.4) is 0 Å². The SMILES string of the molecule is N#CC(CCCN1CCc2oc3ccc(O)cc3c2C1)(c1ccccc1)c1ccccc1. The van der Waals surface area contributed by atoms with Crippen LogP contribution in [-0.4, -0.2) is 23.1 Å². The van der Waals surface area contributed by atoms with Crippen molar-refractivity contribution in [3.8, 4) is 11.8 Å². The molecule has 0 aliphatic carbocycles. The van der Waals surface area contributed by atoms with Gasteiger partial charge in [0, 0.05) is 30.5 Å². The van der Waals surface area contributed by atoms with Gasteiger partial charge in [-0.3, -0.25) is 4.90 Å². The lowest BCUT2D eigenvalue weighted by Gasteiger charge is -2.30. The molecule has 1 aliphatic heterocycles. The van der Waals surface area contributed by atoms with E-state index in [-0.39, 0.29) is 5.75 Å². The van der Waals surface area contributed by atoms with Crippen molar-refractivity contribution in [1.82, 2.24) is 4.90 Å². The molecule has 0 saturated heterocycles. The van der Waals surface area contributed by atoms with Crippen LogP contribution in [0.5, 0.6) is 5.75 Å². The highest BCUT2D eigenvalue weighted by Gasteiger charge is 2.34. The van der Waals surface area contributed by atoms with Gasteiger partial charge in [-0.1, -0.05) is 60.7 Å². The van der Waals surface area contributed by atoms with Gasteiger partial charge < -0.3 is 9.52 Å². The molecule has 0 saturated carbocycles. The smallest absolute Gasteiger partial charge is 0.134 e. The maximum atomic E-state index is 10.4. The molecule has 4 heteroatoms. The van der Waals surface area contributed by atoms with E-state index in [0.29, 0.717) is 0 Å². The second-order valence-corrected chi connectivity index (χ2v) is 8.56. The zero-order chi connectivity index (χ0) is 22.0. The van der Waals surface area contributed by atoms with Crippen LogP contribution in [0.1, 0.15) is 35.3 Å². The Kier molecular flexibility index (Phi) is 5.43.